The average Bonchev–Trinajstić information content (AvgIpc) is 2.62. The molecule has 1 saturated heterocycles. The molecule has 0 amide bonds. The van der Waals surface area contributed by atoms with Crippen molar-refractivity contribution in [3.05, 3.63) is 29.4 Å². The minimum absolute atomic E-state index is 0.451. The van der Waals surface area contributed by atoms with E-state index in [-0.39, 0.29) is 0 Å². The molecule has 0 aliphatic carbocycles. The fourth-order valence-electron chi connectivity index (χ4n) is 2.67. The molecule has 0 saturated carbocycles. The van der Waals surface area contributed by atoms with Crippen molar-refractivity contribution >= 4 is 29.1 Å². The maximum Gasteiger partial charge on any atom is 0.249 e. The van der Waals surface area contributed by atoms with Crippen LogP contribution in [0.2, 0.25) is 5.02 Å². The third-order valence-corrected chi connectivity index (χ3v) is 4.39. The molecular weight excluding hydrogens is 328 g/mol. The number of rotatable bonds is 5. The standard InChI is InChI=1S/C16H21ClN6O/c1-3-22-6-8-23(9-7-22)15-11-18-21-16(20-15)19-12-4-5-14(24-2)13(17)10-12/h4-5,10-11H,3,6-9H2,1-2H3,(H,19,20,21). The van der Waals surface area contributed by atoms with Crippen molar-refractivity contribution in [1.29, 1.82) is 0 Å². The van der Waals surface area contributed by atoms with E-state index in [4.69, 9.17) is 16.3 Å². The number of methoxy groups -OCH3 is 1. The molecule has 1 aromatic carbocycles. The molecule has 0 bridgehead atoms. The molecular formula is C16H21ClN6O. The number of nitrogens with zero attached hydrogens (tertiary/aromatic N) is 5. The molecule has 2 aromatic rings. The van der Waals surface area contributed by atoms with Crippen LogP contribution in [0.25, 0.3) is 0 Å². The van der Waals surface area contributed by atoms with Crippen molar-refractivity contribution in [1.82, 2.24) is 20.1 Å². The van der Waals surface area contributed by atoms with Crippen LogP contribution < -0.4 is 15.0 Å². The molecule has 0 radical (unpaired) electrons. The summed E-state index contributed by atoms with van der Waals surface area (Å²) in [5.41, 5.74) is 0.788. The summed E-state index contributed by atoms with van der Waals surface area (Å²) in [6.45, 7) is 7.24. The molecule has 1 aliphatic heterocycles. The van der Waals surface area contributed by atoms with Gasteiger partial charge in [-0.25, -0.2) is 0 Å². The fourth-order valence-corrected chi connectivity index (χ4v) is 2.92. The molecule has 1 N–H and O–H groups in total. The molecule has 0 atom stereocenters. The zero-order valence-corrected chi connectivity index (χ0v) is 14.6. The van der Waals surface area contributed by atoms with E-state index in [1.165, 1.54) is 0 Å². The predicted octanol–water partition coefficient (Wildman–Crippen LogP) is 2.42. The van der Waals surface area contributed by atoms with E-state index in [2.05, 4.69) is 37.2 Å². The van der Waals surface area contributed by atoms with E-state index in [1.54, 1.807) is 25.4 Å². The number of nitrogens with one attached hydrogen (secondary N) is 1. The molecule has 0 spiro atoms. The van der Waals surface area contributed by atoms with E-state index in [0.717, 1.165) is 44.2 Å². The van der Waals surface area contributed by atoms with E-state index in [0.29, 0.717) is 16.7 Å². The first kappa shape index (κ1) is 16.7. The lowest BCUT2D eigenvalue weighted by atomic mass is 10.3. The van der Waals surface area contributed by atoms with Crippen molar-refractivity contribution in [2.45, 2.75) is 6.92 Å². The van der Waals surface area contributed by atoms with Crippen LogP contribution in [0.5, 0.6) is 5.75 Å². The Morgan fingerprint density at radius 2 is 2.04 bits per heavy atom. The van der Waals surface area contributed by atoms with Gasteiger partial charge in [-0.2, -0.15) is 10.1 Å². The van der Waals surface area contributed by atoms with Crippen LogP contribution in [0.15, 0.2) is 24.4 Å². The number of benzene rings is 1. The summed E-state index contributed by atoms with van der Waals surface area (Å²) in [5, 5.41) is 11.8. The number of ether oxygens (including phenoxy) is 1. The molecule has 8 heteroatoms. The topological polar surface area (TPSA) is 66.4 Å². The van der Waals surface area contributed by atoms with Gasteiger partial charge in [-0.1, -0.05) is 18.5 Å². The Hall–Kier alpha value is -2.12. The quantitative estimate of drug-likeness (QED) is 0.890. The lowest BCUT2D eigenvalue weighted by molar-refractivity contribution is 0.270. The molecule has 2 heterocycles. The maximum atomic E-state index is 6.14. The molecule has 3 rings (SSSR count). The van der Waals surface area contributed by atoms with Gasteiger partial charge in [-0.3, -0.25) is 0 Å². The number of likely N-dealkylation sites (N-methyl/N-ethyl adjacent to an activating group) is 1. The Kier molecular flexibility index (Phi) is 5.32. The van der Waals surface area contributed by atoms with Gasteiger partial charge in [-0.05, 0) is 24.7 Å². The molecule has 7 nitrogen and oxygen atoms in total. The van der Waals surface area contributed by atoms with Crippen LogP contribution >= 0.6 is 11.6 Å². The smallest absolute Gasteiger partial charge is 0.249 e. The third-order valence-electron chi connectivity index (χ3n) is 4.10. The monoisotopic (exact) mass is 348 g/mol. The first-order valence-electron chi connectivity index (χ1n) is 7.97. The first-order valence-corrected chi connectivity index (χ1v) is 8.35. The molecule has 128 valence electrons. The van der Waals surface area contributed by atoms with Crippen molar-refractivity contribution in [2.24, 2.45) is 0 Å². The SMILES string of the molecule is CCN1CCN(c2cnnc(Nc3ccc(OC)c(Cl)c3)n2)CC1. The van der Waals surface area contributed by atoms with Gasteiger partial charge >= 0.3 is 0 Å². The average molecular weight is 349 g/mol. The van der Waals surface area contributed by atoms with Crippen molar-refractivity contribution < 1.29 is 4.74 Å². The van der Waals surface area contributed by atoms with Crippen molar-refractivity contribution in [2.75, 3.05) is 50.1 Å². The molecule has 1 aromatic heterocycles. The maximum absolute atomic E-state index is 6.14. The number of hydrogen-bond acceptors (Lipinski definition) is 7. The summed E-state index contributed by atoms with van der Waals surface area (Å²) in [6.07, 6.45) is 1.70. The molecule has 1 aliphatic rings. The number of halogens is 1. The van der Waals surface area contributed by atoms with Crippen LogP contribution in [0.4, 0.5) is 17.5 Å². The Bertz CT molecular complexity index is 690. The summed E-state index contributed by atoms with van der Waals surface area (Å²) in [7, 11) is 1.59. The van der Waals surface area contributed by atoms with Gasteiger partial charge < -0.3 is 19.9 Å². The molecule has 24 heavy (non-hydrogen) atoms. The molecule has 1 fully saturated rings. The van der Waals surface area contributed by atoms with Gasteiger partial charge in [0.2, 0.25) is 5.95 Å². The Labute approximate surface area is 146 Å². The highest BCUT2D eigenvalue weighted by molar-refractivity contribution is 6.32. The van der Waals surface area contributed by atoms with Crippen LogP contribution in [0, 0.1) is 0 Å². The zero-order chi connectivity index (χ0) is 16.9. The second-order valence-electron chi connectivity index (χ2n) is 5.53. The van der Waals surface area contributed by atoms with Crippen LogP contribution in [-0.4, -0.2) is 59.9 Å². The van der Waals surface area contributed by atoms with Crippen LogP contribution in [-0.2, 0) is 0 Å². The summed E-state index contributed by atoms with van der Waals surface area (Å²) >= 11 is 6.14. The van der Waals surface area contributed by atoms with Gasteiger partial charge in [0.15, 0.2) is 5.82 Å². The lowest BCUT2D eigenvalue weighted by Crippen LogP contribution is -2.46. The summed E-state index contributed by atoms with van der Waals surface area (Å²) < 4.78 is 5.15. The predicted molar refractivity (Wildman–Crippen MR) is 95.4 cm³/mol. The minimum atomic E-state index is 0.451. The first-order chi connectivity index (χ1) is 11.7. The zero-order valence-electron chi connectivity index (χ0n) is 13.9. The highest BCUT2D eigenvalue weighted by atomic mass is 35.5. The van der Waals surface area contributed by atoms with E-state index in [1.807, 2.05) is 6.07 Å². The van der Waals surface area contributed by atoms with Gasteiger partial charge in [0.25, 0.3) is 0 Å². The van der Waals surface area contributed by atoms with E-state index >= 15 is 0 Å². The lowest BCUT2D eigenvalue weighted by Gasteiger charge is -2.34. The fraction of sp³-hybridized carbons (Fsp3) is 0.438. The van der Waals surface area contributed by atoms with Gasteiger partial charge in [0, 0.05) is 31.9 Å². The Morgan fingerprint density at radius 3 is 2.71 bits per heavy atom. The third kappa shape index (κ3) is 3.85. The Morgan fingerprint density at radius 1 is 1.25 bits per heavy atom. The van der Waals surface area contributed by atoms with E-state index < -0.39 is 0 Å². The van der Waals surface area contributed by atoms with Crippen molar-refractivity contribution in [3.63, 3.8) is 0 Å². The normalized spacial score (nSPS) is 15.4. The summed E-state index contributed by atoms with van der Waals surface area (Å²) in [4.78, 5) is 9.21. The highest BCUT2D eigenvalue weighted by Crippen LogP contribution is 2.28. The van der Waals surface area contributed by atoms with Crippen molar-refractivity contribution in [3.8, 4) is 5.75 Å². The number of piperazine rings is 1. The van der Waals surface area contributed by atoms with Gasteiger partial charge in [0.05, 0.1) is 18.3 Å². The van der Waals surface area contributed by atoms with Crippen LogP contribution in [0.1, 0.15) is 6.92 Å². The summed E-state index contributed by atoms with van der Waals surface area (Å²) in [5.74, 6) is 1.92. The number of hydrogen-bond donors (Lipinski definition) is 1. The number of aromatic nitrogens is 3. The van der Waals surface area contributed by atoms with Crippen LogP contribution in [0.3, 0.4) is 0 Å². The molecule has 0 unspecified atom stereocenters. The Balaban J connectivity index is 1.70. The minimum Gasteiger partial charge on any atom is -0.495 e. The second-order valence-corrected chi connectivity index (χ2v) is 5.94. The number of anilines is 3. The second kappa shape index (κ2) is 7.63. The largest absolute Gasteiger partial charge is 0.495 e. The van der Waals surface area contributed by atoms with Gasteiger partial charge in [-0.15, -0.1) is 5.10 Å². The van der Waals surface area contributed by atoms with Gasteiger partial charge in [0.1, 0.15) is 5.75 Å². The highest BCUT2D eigenvalue weighted by Gasteiger charge is 2.17. The summed E-state index contributed by atoms with van der Waals surface area (Å²) in [6, 6.07) is 5.43. The van der Waals surface area contributed by atoms with E-state index in [9.17, 15) is 0 Å².